The van der Waals surface area contributed by atoms with Gasteiger partial charge >= 0.3 is 0 Å². The van der Waals surface area contributed by atoms with Crippen molar-refractivity contribution < 1.29 is 14.3 Å². The first-order valence-electron chi connectivity index (χ1n) is 7.64. The zero-order chi connectivity index (χ0) is 16.1. The quantitative estimate of drug-likeness (QED) is 0.769. The summed E-state index contributed by atoms with van der Waals surface area (Å²) in [5, 5.41) is 5.05. The molecule has 2 aromatic rings. The van der Waals surface area contributed by atoms with E-state index in [1.807, 2.05) is 16.8 Å². The lowest BCUT2D eigenvalue weighted by Gasteiger charge is -2.16. The van der Waals surface area contributed by atoms with Crippen molar-refractivity contribution in [2.75, 3.05) is 26.9 Å². The molecular weight excluding hydrogens is 332 g/mol. The number of nitrogens with zero attached hydrogens (tertiary/aromatic N) is 2. The van der Waals surface area contributed by atoms with Crippen molar-refractivity contribution in [1.82, 2.24) is 9.88 Å². The van der Waals surface area contributed by atoms with Gasteiger partial charge in [0.25, 0.3) is 0 Å². The normalized spacial score (nSPS) is 17.5. The van der Waals surface area contributed by atoms with E-state index in [9.17, 15) is 4.79 Å². The number of thiazole rings is 1. The second kappa shape index (κ2) is 8.01. The number of carbonyl (C=O) groups excluding carboxylic acids is 1. The van der Waals surface area contributed by atoms with Crippen LogP contribution in [-0.4, -0.2) is 48.8 Å². The number of likely N-dealkylation sites (N-methyl/N-ethyl adjacent to an activating group) is 1. The van der Waals surface area contributed by atoms with E-state index in [-0.39, 0.29) is 18.6 Å². The van der Waals surface area contributed by atoms with Gasteiger partial charge in [-0.2, -0.15) is 0 Å². The molecule has 1 saturated heterocycles. The molecule has 0 radical (unpaired) electrons. The van der Waals surface area contributed by atoms with Gasteiger partial charge in [-0.25, -0.2) is 4.98 Å². The van der Waals surface area contributed by atoms with Crippen molar-refractivity contribution in [3.05, 3.63) is 28.6 Å². The molecule has 2 aromatic heterocycles. The first-order chi connectivity index (χ1) is 11.2. The van der Waals surface area contributed by atoms with Crippen LogP contribution in [0.1, 0.15) is 18.5 Å². The van der Waals surface area contributed by atoms with E-state index in [0.29, 0.717) is 13.2 Å². The van der Waals surface area contributed by atoms with Gasteiger partial charge in [0.1, 0.15) is 11.6 Å². The predicted molar refractivity (Wildman–Crippen MR) is 91.7 cm³/mol. The Bertz CT molecular complexity index is 621. The van der Waals surface area contributed by atoms with Crippen molar-refractivity contribution in [2.45, 2.75) is 25.5 Å². The zero-order valence-corrected chi connectivity index (χ0v) is 14.7. The Morgan fingerprint density at radius 2 is 2.43 bits per heavy atom. The van der Waals surface area contributed by atoms with Crippen molar-refractivity contribution >= 4 is 28.6 Å². The van der Waals surface area contributed by atoms with Crippen LogP contribution in [0.25, 0.3) is 9.88 Å². The van der Waals surface area contributed by atoms with Gasteiger partial charge in [0.2, 0.25) is 5.91 Å². The summed E-state index contributed by atoms with van der Waals surface area (Å²) in [4.78, 5) is 19.5. The summed E-state index contributed by atoms with van der Waals surface area (Å²) in [6, 6.07) is 4.07. The molecule has 23 heavy (non-hydrogen) atoms. The average molecular weight is 352 g/mol. The van der Waals surface area contributed by atoms with Crippen molar-refractivity contribution in [3.63, 3.8) is 0 Å². The molecule has 1 amide bonds. The summed E-state index contributed by atoms with van der Waals surface area (Å²) in [7, 11) is 1.78. The third kappa shape index (κ3) is 4.60. The molecule has 124 valence electrons. The van der Waals surface area contributed by atoms with E-state index in [0.717, 1.165) is 35.0 Å². The number of amides is 1. The molecule has 0 aliphatic carbocycles. The summed E-state index contributed by atoms with van der Waals surface area (Å²) in [6.07, 6.45) is 2.26. The van der Waals surface area contributed by atoms with E-state index in [2.05, 4.69) is 11.1 Å². The molecule has 0 bridgehead atoms. The number of hydrogen-bond acceptors (Lipinski definition) is 6. The molecule has 1 aliphatic heterocycles. The van der Waals surface area contributed by atoms with E-state index in [4.69, 9.17) is 9.47 Å². The smallest absolute Gasteiger partial charge is 0.248 e. The topological polar surface area (TPSA) is 51.7 Å². The molecule has 0 spiro atoms. The highest BCUT2D eigenvalue weighted by Gasteiger charge is 2.17. The summed E-state index contributed by atoms with van der Waals surface area (Å²) in [5.74, 6) is -0.0336. The molecule has 1 fully saturated rings. The van der Waals surface area contributed by atoms with Gasteiger partial charge in [-0.05, 0) is 24.3 Å². The standard InChI is InChI=1S/C16H20N2O3S2/c1-18(15(19)10-20-9-13-4-2-6-21-13)8-12-11-23-16(17-12)14-5-3-7-22-14/h3,5,7,11,13H,2,4,6,8-10H2,1H3/t13-/m1/s1. The molecule has 0 aromatic carbocycles. The Labute approximate surface area is 143 Å². The summed E-state index contributed by atoms with van der Waals surface area (Å²) < 4.78 is 10.9. The van der Waals surface area contributed by atoms with Crippen molar-refractivity contribution in [1.29, 1.82) is 0 Å². The van der Waals surface area contributed by atoms with Gasteiger partial charge in [-0.1, -0.05) is 6.07 Å². The Morgan fingerprint density at radius 1 is 1.52 bits per heavy atom. The van der Waals surface area contributed by atoms with Crippen LogP contribution in [0, 0.1) is 0 Å². The first kappa shape index (κ1) is 16.6. The van der Waals surface area contributed by atoms with E-state index >= 15 is 0 Å². The van der Waals surface area contributed by atoms with Crippen molar-refractivity contribution in [3.8, 4) is 9.88 Å². The number of thiophene rings is 1. The first-order valence-corrected chi connectivity index (χ1v) is 9.40. The molecule has 1 atom stereocenters. The van der Waals surface area contributed by atoms with E-state index in [1.54, 1.807) is 34.6 Å². The second-order valence-electron chi connectivity index (χ2n) is 5.52. The van der Waals surface area contributed by atoms with Gasteiger partial charge in [0.05, 0.1) is 29.8 Å². The summed E-state index contributed by atoms with van der Waals surface area (Å²) >= 11 is 3.28. The van der Waals surface area contributed by atoms with Crippen LogP contribution >= 0.6 is 22.7 Å². The van der Waals surface area contributed by atoms with E-state index < -0.39 is 0 Å². The van der Waals surface area contributed by atoms with Crippen LogP contribution in [0.5, 0.6) is 0 Å². The van der Waals surface area contributed by atoms with Gasteiger partial charge in [0.15, 0.2) is 0 Å². The lowest BCUT2D eigenvalue weighted by Crippen LogP contribution is -2.31. The number of aromatic nitrogens is 1. The third-order valence-corrected chi connectivity index (χ3v) is 5.59. The SMILES string of the molecule is CN(Cc1csc(-c2cccs2)n1)C(=O)COC[C@H]1CCCO1. The van der Waals surface area contributed by atoms with E-state index in [1.165, 1.54) is 0 Å². The third-order valence-electron chi connectivity index (χ3n) is 3.66. The molecule has 0 unspecified atom stereocenters. The van der Waals surface area contributed by atoms with Crippen LogP contribution < -0.4 is 0 Å². The van der Waals surface area contributed by atoms with Crippen LogP contribution in [-0.2, 0) is 20.8 Å². The monoisotopic (exact) mass is 352 g/mol. The zero-order valence-electron chi connectivity index (χ0n) is 13.1. The fraction of sp³-hybridized carbons (Fsp3) is 0.500. The largest absolute Gasteiger partial charge is 0.376 e. The Balaban J connectivity index is 1.44. The highest BCUT2D eigenvalue weighted by atomic mass is 32.1. The number of rotatable bonds is 7. The maximum absolute atomic E-state index is 12.1. The van der Waals surface area contributed by atoms with Gasteiger partial charge in [-0.15, -0.1) is 22.7 Å². The molecule has 3 heterocycles. The summed E-state index contributed by atoms with van der Waals surface area (Å²) in [6.45, 7) is 1.90. The maximum Gasteiger partial charge on any atom is 0.248 e. The number of carbonyl (C=O) groups is 1. The highest BCUT2D eigenvalue weighted by Crippen LogP contribution is 2.28. The Hall–Kier alpha value is -1.28. The molecule has 1 aliphatic rings. The Morgan fingerprint density at radius 3 is 3.17 bits per heavy atom. The van der Waals surface area contributed by atoms with Crippen LogP contribution in [0.2, 0.25) is 0 Å². The van der Waals surface area contributed by atoms with Crippen molar-refractivity contribution in [2.24, 2.45) is 0 Å². The minimum Gasteiger partial charge on any atom is -0.376 e. The molecule has 0 saturated carbocycles. The molecule has 5 nitrogen and oxygen atoms in total. The molecule has 3 rings (SSSR count). The number of hydrogen-bond donors (Lipinski definition) is 0. The molecular formula is C16H20N2O3S2. The lowest BCUT2D eigenvalue weighted by molar-refractivity contribution is -0.136. The van der Waals surface area contributed by atoms with Crippen LogP contribution in [0.3, 0.4) is 0 Å². The van der Waals surface area contributed by atoms with Crippen LogP contribution in [0.15, 0.2) is 22.9 Å². The highest BCUT2D eigenvalue weighted by molar-refractivity contribution is 7.20. The molecule has 7 heteroatoms. The van der Waals surface area contributed by atoms with Crippen LogP contribution in [0.4, 0.5) is 0 Å². The second-order valence-corrected chi connectivity index (χ2v) is 7.33. The molecule has 0 N–H and O–H groups in total. The maximum atomic E-state index is 12.1. The predicted octanol–water partition coefficient (Wildman–Crippen LogP) is 3.03. The fourth-order valence-corrected chi connectivity index (χ4v) is 4.01. The summed E-state index contributed by atoms with van der Waals surface area (Å²) in [5.41, 5.74) is 0.911. The fourth-order valence-electron chi connectivity index (χ4n) is 2.39. The number of ether oxygens (including phenoxy) is 2. The minimum atomic E-state index is -0.0336. The van der Waals surface area contributed by atoms with Gasteiger partial charge < -0.3 is 14.4 Å². The lowest BCUT2D eigenvalue weighted by atomic mass is 10.2. The van der Waals surface area contributed by atoms with Gasteiger partial charge in [0, 0.05) is 19.0 Å². The van der Waals surface area contributed by atoms with Gasteiger partial charge in [-0.3, -0.25) is 4.79 Å². The Kier molecular flexibility index (Phi) is 5.77. The minimum absolute atomic E-state index is 0.0336. The average Bonchev–Trinajstić information content (AvgIpc) is 3.29.